The van der Waals surface area contributed by atoms with Gasteiger partial charge in [0.05, 0.1) is 12.1 Å². The van der Waals surface area contributed by atoms with E-state index >= 15 is 0 Å². The van der Waals surface area contributed by atoms with E-state index in [1.54, 1.807) is 44.0 Å². The van der Waals surface area contributed by atoms with Crippen molar-refractivity contribution in [1.82, 2.24) is 4.90 Å². The molecule has 12 rings (SSSR count). The number of nitrogens with zero attached hydrogens (tertiary/aromatic N) is 2. The van der Waals surface area contributed by atoms with Gasteiger partial charge in [-0.15, -0.1) is 11.8 Å². The first-order valence-electron chi connectivity index (χ1n) is 23.3. The van der Waals surface area contributed by atoms with Crippen LogP contribution in [0.15, 0.2) is 105 Å². The number of fused-ring (bicyclic) bond motifs is 6. The molecule has 286 valence electrons. The van der Waals surface area contributed by atoms with Gasteiger partial charge in [0.2, 0.25) is 0 Å². The summed E-state index contributed by atoms with van der Waals surface area (Å²) in [6.07, 6.45) is 52.9. The lowest BCUT2D eigenvalue weighted by Gasteiger charge is -2.41. The Kier molecular flexibility index (Phi) is 8.39. The van der Waals surface area contributed by atoms with E-state index < -0.39 is 0 Å². The quantitative estimate of drug-likeness (QED) is 0.268. The second kappa shape index (κ2) is 13.4. The monoisotopic (exact) mass is 746 g/mol. The van der Waals surface area contributed by atoms with Crippen LogP contribution in [-0.2, 0) is 0 Å². The first-order chi connectivity index (χ1) is 27.2. The molecule has 2 heterocycles. The van der Waals surface area contributed by atoms with Crippen LogP contribution in [-0.4, -0.2) is 22.2 Å². The standard InChI is InChI=1S/C52H62N2S/c53-31-32-13-21-44-45-24-16-35(30-50(45)55-49(44)27-32)33-14-19-38(20-15-33)54-47-28-36(40-10-5-8-34-7-1-2-9-39(34)40)17-22-42(47)43-23-18-37(29-48(43)54)41-11-6-26-52-25-4-3-12-46(52)51(41)52/h4-5,8,14,18,23,25,28-30,32,35,38,40-41,43-46,48-49,51H,1-3,6-7,9-13,15-17,19-22,24,26-27H2. The molecule has 0 N–H and O–H groups in total. The maximum absolute atomic E-state index is 9.65. The summed E-state index contributed by atoms with van der Waals surface area (Å²) in [5, 5.41) is 10.3. The van der Waals surface area contributed by atoms with E-state index in [0.29, 0.717) is 46.4 Å². The minimum Gasteiger partial charge on any atom is -0.361 e. The minimum absolute atomic E-state index is 0.292. The lowest BCUT2D eigenvalue weighted by atomic mass is 9.71. The van der Waals surface area contributed by atoms with Gasteiger partial charge < -0.3 is 4.90 Å². The fraction of sp³-hybridized carbons (Fsp3) is 0.635. The van der Waals surface area contributed by atoms with Gasteiger partial charge in [-0.1, -0.05) is 77.8 Å². The van der Waals surface area contributed by atoms with Crippen LogP contribution >= 0.6 is 11.8 Å². The lowest BCUT2D eigenvalue weighted by Crippen LogP contribution is -2.42. The molecule has 0 aromatic carbocycles. The highest BCUT2D eigenvalue weighted by molar-refractivity contribution is 8.04. The lowest BCUT2D eigenvalue weighted by molar-refractivity contribution is 0.203. The fourth-order valence-electron chi connectivity index (χ4n) is 15.4. The normalized spacial score (nSPS) is 45.1. The molecule has 12 aliphatic rings. The number of thioether (sulfide) groups is 1. The molecule has 13 atom stereocenters. The third-order valence-electron chi connectivity index (χ3n) is 18.0. The van der Waals surface area contributed by atoms with Gasteiger partial charge in [-0.25, -0.2) is 0 Å². The first kappa shape index (κ1) is 34.4. The smallest absolute Gasteiger partial charge is 0.0656 e. The maximum atomic E-state index is 9.65. The van der Waals surface area contributed by atoms with Crippen molar-refractivity contribution in [2.75, 3.05) is 0 Å². The van der Waals surface area contributed by atoms with Crippen molar-refractivity contribution in [2.45, 2.75) is 146 Å². The van der Waals surface area contributed by atoms with Gasteiger partial charge in [-0.2, -0.15) is 5.26 Å². The average Bonchev–Trinajstić information content (AvgIpc) is 3.64. The summed E-state index contributed by atoms with van der Waals surface area (Å²) in [5.74, 6) is 6.37. The van der Waals surface area contributed by atoms with Crippen LogP contribution in [0.1, 0.15) is 128 Å². The van der Waals surface area contributed by atoms with E-state index in [9.17, 15) is 5.26 Å². The Balaban J connectivity index is 0.844. The zero-order valence-corrected chi connectivity index (χ0v) is 34.0. The molecule has 0 bridgehead atoms. The van der Waals surface area contributed by atoms with E-state index in [0.717, 1.165) is 42.4 Å². The SMILES string of the molecule is N#CC1CCC2C(C1)SC1=CC(C3=CCC(N4C5=C(CCC(C6CC=CC7=C6CCCC7)=C5)C5C=CC(C6CCCC78C=CCCC7C68)=CC54)CC3)CCC12. The topological polar surface area (TPSA) is 27.0 Å². The van der Waals surface area contributed by atoms with Gasteiger partial charge in [-0.05, 0) is 191 Å². The number of hydrogen-bond acceptors (Lipinski definition) is 3. The highest BCUT2D eigenvalue weighted by Crippen LogP contribution is 2.73. The van der Waals surface area contributed by atoms with Crippen molar-refractivity contribution in [2.24, 2.45) is 58.7 Å². The first-order valence-corrected chi connectivity index (χ1v) is 24.2. The summed E-state index contributed by atoms with van der Waals surface area (Å²) >= 11 is 2.19. The number of hydrogen-bond donors (Lipinski definition) is 0. The Bertz CT molecular complexity index is 1970. The molecule has 55 heavy (non-hydrogen) atoms. The van der Waals surface area contributed by atoms with E-state index in [-0.39, 0.29) is 0 Å². The second-order valence-electron chi connectivity index (χ2n) is 20.3. The molecule has 0 radical (unpaired) electrons. The summed E-state index contributed by atoms with van der Waals surface area (Å²) in [7, 11) is 0. The van der Waals surface area contributed by atoms with Gasteiger partial charge in [0.25, 0.3) is 0 Å². The van der Waals surface area contributed by atoms with E-state index in [4.69, 9.17) is 0 Å². The highest BCUT2D eigenvalue weighted by Gasteiger charge is 2.66. The third-order valence-corrected chi connectivity index (χ3v) is 19.6. The summed E-state index contributed by atoms with van der Waals surface area (Å²) in [4.78, 5) is 4.75. The van der Waals surface area contributed by atoms with Crippen LogP contribution in [0.25, 0.3) is 0 Å². The summed E-state index contributed by atoms with van der Waals surface area (Å²) < 4.78 is 0. The van der Waals surface area contributed by atoms with Gasteiger partial charge in [-0.3, -0.25) is 0 Å². The Hall–Kier alpha value is -2.70. The molecule has 4 fully saturated rings. The Morgan fingerprint density at radius 2 is 1.78 bits per heavy atom. The zero-order chi connectivity index (χ0) is 36.3. The number of rotatable bonds is 4. The van der Waals surface area contributed by atoms with Crippen molar-refractivity contribution < 1.29 is 0 Å². The van der Waals surface area contributed by atoms with Crippen molar-refractivity contribution >= 4 is 11.8 Å². The van der Waals surface area contributed by atoms with E-state index in [2.05, 4.69) is 83.5 Å². The van der Waals surface area contributed by atoms with Crippen LogP contribution in [0.3, 0.4) is 0 Å². The Labute approximate surface area is 335 Å². The zero-order valence-electron chi connectivity index (χ0n) is 33.1. The molecule has 0 aromatic heterocycles. The fourth-order valence-corrected chi connectivity index (χ4v) is 17.3. The summed E-state index contributed by atoms with van der Waals surface area (Å²) in [6, 6.07) is 3.71. The second-order valence-corrected chi connectivity index (χ2v) is 21.6. The number of allylic oxidation sites excluding steroid dienone is 13. The van der Waals surface area contributed by atoms with Crippen LogP contribution in [0.2, 0.25) is 0 Å². The van der Waals surface area contributed by atoms with Gasteiger partial charge in [0, 0.05) is 34.7 Å². The maximum Gasteiger partial charge on any atom is 0.0656 e. The molecule has 2 nitrogen and oxygen atoms in total. The molecule has 0 aromatic rings. The molecule has 3 saturated carbocycles. The van der Waals surface area contributed by atoms with Crippen LogP contribution < -0.4 is 0 Å². The molecule has 2 aliphatic heterocycles. The largest absolute Gasteiger partial charge is 0.361 e. The summed E-state index contributed by atoms with van der Waals surface area (Å²) in [5.41, 5.74) is 12.7. The Morgan fingerprint density at radius 3 is 2.71 bits per heavy atom. The van der Waals surface area contributed by atoms with E-state index in [1.807, 2.05) is 0 Å². The molecule has 1 saturated heterocycles. The molecule has 1 spiro atoms. The Morgan fingerprint density at radius 1 is 0.818 bits per heavy atom. The van der Waals surface area contributed by atoms with E-state index in [1.165, 1.54) is 116 Å². The van der Waals surface area contributed by atoms with Gasteiger partial charge in [0.15, 0.2) is 0 Å². The molecule has 10 aliphatic carbocycles. The molecule has 3 heteroatoms. The molecule has 13 unspecified atom stereocenters. The summed E-state index contributed by atoms with van der Waals surface area (Å²) in [6.45, 7) is 0. The minimum atomic E-state index is 0.292. The van der Waals surface area contributed by atoms with Gasteiger partial charge >= 0.3 is 0 Å². The van der Waals surface area contributed by atoms with Crippen molar-refractivity contribution in [3.8, 4) is 6.07 Å². The molecule has 0 amide bonds. The van der Waals surface area contributed by atoms with Crippen molar-refractivity contribution in [1.29, 1.82) is 5.26 Å². The predicted octanol–water partition coefficient (Wildman–Crippen LogP) is 13.0. The number of nitriles is 1. The molecular formula is C52H62N2S. The predicted molar refractivity (Wildman–Crippen MR) is 226 cm³/mol. The van der Waals surface area contributed by atoms with Crippen LogP contribution in [0.5, 0.6) is 0 Å². The van der Waals surface area contributed by atoms with Crippen molar-refractivity contribution in [3.63, 3.8) is 0 Å². The average molecular weight is 747 g/mol. The van der Waals surface area contributed by atoms with Crippen molar-refractivity contribution in [3.05, 3.63) is 105 Å². The van der Waals surface area contributed by atoms with Crippen LogP contribution in [0.4, 0.5) is 0 Å². The van der Waals surface area contributed by atoms with Crippen LogP contribution in [0, 0.1) is 70.0 Å². The third kappa shape index (κ3) is 5.45. The highest BCUT2D eigenvalue weighted by atomic mass is 32.2. The molecular weight excluding hydrogens is 685 g/mol. The van der Waals surface area contributed by atoms with Gasteiger partial charge in [0.1, 0.15) is 0 Å².